The molecule has 0 amide bonds. The van der Waals surface area contributed by atoms with Gasteiger partial charge >= 0.3 is 5.97 Å². The molecule has 0 unspecified atom stereocenters. The molecule has 4 aromatic rings. The molecule has 0 fully saturated rings. The lowest BCUT2D eigenvalue weighted by Crippen LogP contribution is -2.17. The standard InChI is InChI=1S/C27H22Cl2O5/c1-16-5-8-18(9-6-16)26-27(25(31)20-14-17(2)7-11-22(20)33-26)34-24(30)4-3-13-32-23-12-10-19(28)15-21(23)29/h5-12,14-15H,3-4,13H2,1-2H3. The summed E-state index contributed by atoms with van der Waals surface area (Å²) in [6.07, 6.45) is 0.416. The molecule has 7 heteroatoms. The topological polar surface area (TPSA) is 65.7 Å². The van der Waals surface area contributed by atoms with Gasteiger partial charge in [0, 0.05) is 17.0 Å². The van der Waals surface area contributed by atoms with Gasteiger partial charge < -0.3 is 13.9 Å². The summed E-state index contributed by atoms with van der Waals surface area (Å²) in [4.78, 5) is 25.9. The van der Waals surface area contributed by atoms with E-state index >= 15 is 0 Å². The van der Waals surface area contributed by atoms with Crippen LogP contribution in [0, 0.1) is 13.8 Å². The number of hydrogen-bond donors (Lipinski definition) is 0. The van der Waals surface area contributed by atoms with Crippen molar-refractivity contribution >= 4 is 40.1 Å². The first-order valence-corrected chi connectivity index (χ1v) is 11.5. The summed E-state index contributed by atoms with van der Waals surface area (Å²) in [7, 11) is 0. The molecule has 0 atom stereocenters. The average molecular weight is 497 g/mol. The summed E-state index contributed by atoms with van der Waals surface area (Å²) in [6.45, 7) is 4.08. The van der Waals surface area contributed by atoms with Crippen LogP contribution in [0.5, 0.6) is 11.5 Å². The van der Waals surface area contributed by atoms with Gasteiger partial charge in [-0.15, -0.1) is 0 Å². The van der Waals surface area contributed by atoms with Crippen molar-refractivity contribution in [1.82, 2.24) is 0 Å². The normalized spacial score (nSPS) is 10.9. The van der Waals surface area contributed by atoms with E-state index in [9.17, 15) is 9.59 Å². The zero-order valence-electron chi connectivity index (χ0n) is 18.7. The Bertz CT molecular complexity index is 1410. The van der Waals surface area contributed by atoms with Crippen molar-refractivity contribution in [2.24, 2.45) is 0 Å². The molecule has 0 radical (unpaired) electrons. The summed E-state index contributed by atoms with van der Waals surface area (Å²) in [6, 6.07) is 17.7. The Morgan fingerprint density at radius 1 is 0.941 bits per heavy atom. The number of rotatable bonds is 7. The minimum Gasteiger partial charge on any atom is -0.492 e. The van der Waals surface area contributed by atoms with Crippen LogP contribution < -0.4 is 14.9 Å². The van der Waals surface area contributed by atoms with E-state index in [0.29, 0.717) is 38.7 Å². The second-order valence-corrected chi connectivity index (χ2v) is 8.80. The van der Waals surface area contributed by atoms with E-state index in [1.165, 1.54) is 0 Å². The van der Waals surface area contributed by atoms with Gasteiger partial charge in [0.15, 0.2) is 5.76 Å². The predicted molar refractivity (Wildman–Crippen MR) is 134 cm³/mol. The monoisotopic (exact) mass is 496 g/mol. The van der Waals surface area contributed by atoms with Gasteiger partial charge in [-0.2, -0.15) is 0 Å². The highest BCUT2D eigenvalue weighted by Gasteiger charge is 2.20. The Hall–Kier alpha value is -3.28. The number of carbonyl (C=O) groups excluding carboxylic acids is 1. The zero-order chi connectivity index (χ0) is 24.2. The van der Waals surface area contributed by atoms with E-state index in [4.69, 9.17) is 37.1 Å². The second kappa shape index (κ2) is 10.3. The molecule has 0 aliphatic carbocycles. The van der Waals surface area contributed by atoms with Crippen LogP contribution in [0.1, 0.15) is 24.0 Å². The first kappa shape index (κ1) is 23.9. The number of aryl methyl sites for hydroxylation is 2. The smallest absolute Gasteiger partial charge is 0.311 e. The second-order valence-electron chi connectivity index (χ2n) is 7.96. The fourth-order valence-corrected chi connectivity index (χ4v) is 3.90. The first-order valence-electron chi connectivity index (χ1n) is 10.7. The molecule has 34 heavy (non-hydrogen) atoms. The quantitative estimate of drug-likeness (QED) is 0.200. The first-order chi connectivity index (χ1) is 16.3. The molecular formula is C27H22Cl2O5. The third-order valence-electron chi connectivity index (χ3n) is 5.21. The fraction of sp³-hybridized carbons (Fsp3) is 0.185. The van der Waals surface area contributed by atoms with Gasteiger partial charge in [0.1, 0.15) is 11.3 Å². The third-order valence-corrected chi connectivity index (χ3v) is 5.74. The highest BCUT2D eigenvalue weighted by atomic mass is 35.5. The van der Waals surface area contributed by atoms with Crippen molar-refractivity contribution in [2.45, 2.75) is 26.7 Å². The van der Waals surface area contributed by atoms with Crippen LogP contribution in [0.4, 0.5) is 0 Å². The predicted octanol–water partition coefficient (Wildman–Crippen LogP) is 7.15. The molecular weight excluding hydrogens is 475 g/mol. The van der Waals surface area contributed by atoms with E-state index < -0.39 is 11.4 Å². The molecule has 0 bridgehead atoms. The van der Waals surface area contributed by atoms with Crippen molar-refractivity contribution in [1.29, 1.82) is 0 Å². The van der Waals surface area contributed by atoms with Gasteiger partial charge in [-0.3, -0.25) is 9.59 Å². The van der Waals surface area contributed by atoms with E-state index in [-0.39, 0.29) is 24.5 Å². The van der Waals surface area contributed by atoms with E-state index in [2.05, 4.69) is 0 Å². The van der Waals surface area contributed by atoms with Crippen LogP contribution in [0.2, 0.25) is 10.0 Å². The Morgan fingerprint density at radius 2 is 1.68 bits per heavy atom. The van der Waals surface area contributed by atoms with Gasteiger partial charge in [-0.05, 0) is 50.6 Å². The lowest BCUT2D eigenvalue weighted by molar-refractivity contribution is -0.134. The molecule has 0 aliphatic rings. The molecule has 0 spiro atoms. The molecule has 0 N–H and O–H groups in total. The highest BCUT2D eigenvalue weighted by Crippen LogP contribution is 2.32. The summed E-state index contributed by atoms with van der Waals surface area (Å²) in [5.41, 5.74) is 2.64. The summed E-state index contributed by atoms with van der Waals surface area (Å²) in [5.74, 6) is 0.0256. The molecule has 0 aliphatic heterocycles. The van der Waals surface area contributed by atoms with Crippen molar-refractivity contribution < 1.29 is 18.7 Å². The van der Waals surface area contributed by atoms with Gasteiger partial charge in [-0.1, -0.05) is 64.7 Å². The van der Waals surface area contributed by atoms with Crippen LogP contribution in [-0.4, -0.2) is 12.6 Å². The van der Waals surface area contributed by atoms with Crippen LogP contribution in [-0.2, 0) is 4.79 Å². The molecule has 5 nitrogen and oxygen atoms in total. The van der Waals surface area contributed by atoms with Crippen molar-refractivity contribution in [3.05, 3.63) is 92.1 Å². The summed E-state index contributed by atoms with van der Waals surface area (Å²) < 4.78 is 17.2. The number of hydrogen-bond acceptors (Lipinski definition) is 5. The number of carbonyl (C=O) groups is 1. The number of fused-ring (bicyclic) bond motifs is 1. The Morgan fingerprint density at radius 3 is 2.41 bits per heavy atom. The largest absolute Gasteiger partial charge is 0.492 e. The number of benzene rings is 3. The van der Waals surface area contributed by atoms with Gasteiger partial charge in [0.2, 0.25) is 11.2 Å². The molecule has 0 saturated carbocycles. The van der Waals surface area contributed by atoms with Crippen molar-refractivity contribution in [2.75, 3.05) is 6.61 Å². The third kappa shape index (κ3) is 5.44. The fourth-order valence-electron chi connectivity index (χ4n) is 3.44. The Balaban J connectivity index is 1.54. The molecule has 4 rings (SSSR count). The lowest BCUT2D eigenvalue weighted by atomic mass is 10.1. The average Bonchev–Trinajstić information content (AvgIpc) is 2.80. The number of ether oxygens (including phenoxy) is 2. The maximum absolute atomic E-state index is 13.3. The van der Waals surface area contributed by atoms with Crippen LogP contribution in [0.15, 0.2) is 69.9 Å². The molecule has 1 heterocycles. The zero-order valence-corrected chi connectivity index (χ0v) is 20.2. The van der Waals surface area contributed by atoms with Crippen LogP contribution in [0.3, 0.4) is 0 Å². The Kier molecular flexibility index (Phi) is 7.25. The SMILES string of the molecule is Cc1ccc(-c2oc3ccc(C)cc3c(=O)c2OC(=O)CCCOc2ccc(Cl)cc2Cl)cc1. The minimum atomic E-state index is -0.557. The molecule has 0 saturated heterocycles. The summed E-state index contributed by atoms with van der Waals surface area (Å²) >= 11 is 12.0. The van der Waals surface area contributed by atoms with Crippen LogP contribution >= 0.6 is 23.2 Å². The van der Waals surface area contributed by atoms with Crippen LogP contribution in [0.25, 0.3) is 22.3 Å². The van der Waals surface area contributed by atoms with E-state index in [1.807, 2.05) is 44.2 Å². The maximum Gasteiger partial charge on any atom is 0.311 e. The van der Waals surface area contributed by atoms with Gasteiger partial charge in [0.05, 0.1) is 17.0 Å². The van der Waals surface area contributed by atoms with Crippen molar-refractivity contribution in [3.63, 3.8) is 0 Å². The van der Waals surface area contributed by atoms with E-state index in [0.717, 1.165) is 11.1 Å². The number of halogens is 2. The summed E-state index contributed by atoms with van der Waals surface area (Å²) in [5, 5.41) is 1.26. The van der Waals surface area contributed by atoms with Gasteiger partial charge in [0.25, 0.3) is 0 Å². The van der Waals surface area contributed by atoms with Gasteiger partial charge in [-0.25, -0.2) is 0 Å². The molecule has 1 aromatic heterocycles. The number of esters is 1. The Labute approximate surface area is 206 Å². The molecule has 3 aromatic carbocycles. The van der Waals surface area contributed by atoms with Crippen molar-refractivity contribution in [3.8, 4) is 22.8 Å². The minimum absolute atomic E-state index is 0.0455. The highest BCUT2D eigenvalue weighted by molar-refractivity contribution is 6.35. The lowest BCUT2D eigenvalue weighted by Gasteiger charge is -2.12. The molecule has 174 valence electrons. The van der Waals surface area contributed by atoms with E-state index in [1.54, 1.807) is 30.3 Å². The maximum atomic E-state index is 13.3.